The van der Waals surface area contributed by atoms with Crippen molar-refractivity contribution in [3.05, 3.63) is 41.5 Å². The second-order valence-corrected chi connectivity index (χ2v) is 3.83. The number of ether oxygens (including phenoxy) is 2. The summed E-state index contributed by atoms with van der Waals surface area (Å²) < 4.78 is 10.6. The van der Waals surface area contributed by atoms with Crippen molar-refractivity contribution in [2.24, 2.45) is 0 Å². The van der Waals surface area contributed by atoms with Crippen LogP contribution in [0.5, 0.6) is 0 Å². The van der Waals surface area contributed by atoms with Gasteiger partial charge in [0.15, 0.2) is 0 Å². The van der Waals surface area contributed by atoms with Crippen LogP contribution in [-0.4, -0.2) is 19.2 Å². The van der Waals surface area contributed by atoms with Crippen LogP contribution < -0.4 is 0 Å². The molecule has 0 atom stereocenters. The number of rotatable bonds is 3. The summed E-state index contributed by atoms with van der Waals surface area (Å²) in [6.45, 7) is 2.90. The van der Waals surface area contributed by atoms with Gasteiger partial charge in [-0.3, -0.25) is 0 Å². The molecule has 1 aliphatic rings. The van der Waals surface area contributed by atoms with Crippen LogP contribution in [0.25, 0.3) is 5.76 Å². The van der Waals surface area contributed by atoms with E-state index in [9.17, 15) is 4.79 Å². The summed E-state index contributed by atoms with van der Waals surface area (Å²) in [5.74, 6) is 0.498. The van der Waals surface area contributed by atoms with Crippen LogP contribution >= 0.6 is 0 Å². The van der Waals surface area contributed by atoms with Gasteiger partial charge in [0, 0.05) is 5.56 Å². The highest BCUT2D eigenvalue weighted by atomic mass is 16.5. The molecule has 0 saturated heterocycles. The van der Waals surface area contributed by atoms with Crippen molar-refractivity contribution in [1.82, 2.24) is 0 Å². The molecular weight excluding hydrogens is 216 g/mol. The number of hydrogen-bond acceptors (Lipinski definition) is 3. The molecule has 1 heterocycles. The van der Waals surface area contributed by atoms with Crippen molar-refractivity contribution in [2.45, 2.75) is 19.8 Å². The molecule has 0 unspecified atom stereocenters. The lowest BCUT2D eigenvalue weighted by Gasteiger charge is -2.17. The fourth-order valence-corrected chi connectivity index (χ4v) is 1.83. The van der Waals surface area contributed by atoms with E-state index in [1.807, 2.05) is 24.3 Å². The molecule has 3 nitrogen and oxygen atoms in total. The van der Waals surface area contributed by atoms with Crippen LogP contribution in [0, 0.1) is 0 Å². The van der Waals surface area contributed by atoms with Gasteiger partial charge >= 0.3 is 5.97 Å². The van der Waals surface area contributed by atoms with E-state index in [0.717, 1.165) is 24.2 Å². The van der Waals surface area contributed by atoms with Gasteiger partial charge in [-0.15, -0.1) is 0 Å². The maximum atomic E-state index is 11.8. The molecule has 0 saturated carbocycles. The summed E-state index contributed by atoms with van der Waals surface area (Å²) >= 11 is 0. The van der Waals surface area contributed by atoms with E-state index in [4.69, 9.17) is 9.47 Å². The van der Waals surface area contributed by atoms with Gasteiger partial charge < -0.3 is 9.47 Å². The molecule has 0 bridgehead atoms. The molecule has 1 aromatic rings. The first-order valence-corrected chi connectivity index (χ1v) is 5.92. The predicted octanol–water partition coefficient (Wildman–Crippen LogP) is 3.01. The molecule has 0 spiro atoms. The highest BCUT2D eigenvalue weighted by Crippen LogP contribution is 2.25. The Morgan fingerprint density at radius 2 is 2.24 bits per heavy atom. The third-order valence-corrected chi connectivity index (χ3v) is 2.62. The van der Waals surface area contributed by atoms with Crippen LogP contribution in [0.4, 0.5) is 0 Å². The lowest BCUT2D eigenvalue weighted by Crippen LogP contribution is -2.10. The lowest BCUT2D eigenvalue weighted by atomic mass is 10.0. The monoisotopic (exact) mass is 232 g/mol. The molecular formula is C14H16O3. The normalized spacial score (nSPS) is 14.8. The summed E-state index contributed by atoms with van der Waals surface area (Å²) in [6, 6.07) is 7.39. The van der Waals surface area contributed by atoms with Gasteiger partial charge in [-0.1, -0.05) is 18.2 Å². The van der Waals surface area contributed by atoms with E-state index in [1.165, 1.54) is 0 Å². The van der Waals surface area contributed by atoms with E-state index in [1.54, 1.807) is 13.0 Å². The molecule has 0 aromatic heterocycles. The molecule has 0 aliphatic carbocycles. The largest absolute Gasteiger partial charge is 0.493 e. The van der Waals surface area contributed by atoms with Crippen LogP contribution in [0.3, 0.4) is 0 Å². The second kappa shape index (κ2) is 5.53. The minimum atomic E-state index is -0.293. The fourth-order valence-electron chi connectivity index (χ4n) is 1.83. The number of carbonyl (C=O) groups excluding carboxylic acids is 1. The van der Waals surface area contributed by atoms with Crippen molar-refractivity contribution >= 4 is 11.7 Å². The van der Waals surface area contributed by atoms with Crippen molar-refractivity contribution in [2.75, 3.05) is 13.2 Å². The highest BCUT2D eigenvalue weighted by Gasteiger charge is 2.16. The molecule has 1 aromatic carbocycles. The van der Waals surface area contributed by atoms with E-state index in [2.05, 4.69) is 0 Å². The summed E-state index contributed by atoms with van der Waals surface area (Å²) in [6.07, 6.45) is 4.05. The number of hydrogen-bond donors (Lipinski definition) is 0. The zero-order valence-corrected chi connectivity index (χ0v) is 9.94. The van der Waals surface area contributed by atoms with Gasteiger partial charge in [0.05, 0.1) is 18.8 Å². The highest BCUT2D eigenvalue weighted by molar-refractivity contribution is 5.94. The Hall–Kier alpha value is -1.77. The average molecular weight is 232 g/mol. The van der Waals surface area contributed by atoms with Crippen LogP contribution in [0.1, 0.15) is 35.7 Å². The molecule has 90 valence electrons. The first-order valence-electron chi connectivity index (χ1n) is 5.92. The summed E-state index contributed by atoms with van der Waals surface area (Å²) in [5.41, 5.74) is 1.40. The maximum Gasteiger partial charge on any atom is 0.338 e. The number of esters is 1. The third kappa shape index (κ3) is 2.67. The number of benzene rings is 1. The van der Waals surface area contributed by atoms with Crippen LogP contribution in [0.15, 0.2) is 30.3 Å². The van der Waals surface area contributed by atoms with Gasteiger partial charge in [0.2, 0.25) is 0 Å². The Labute approximate surface area is 101 Å². The first kappa shape index (κ1) is 11.7. The Morgan fingerprint density at radius 1 is 1.41 bits per heavy atom. The molecule has 2 rings (SSSR count). The van der Waals surface area contributed by atoms with Crippen molar-refractivity contribution in [3.63, 3.8) is 0 Å². The van der Waals surface area contributed by atoms with Crippen LogP contribution in [0.2, 0.25) is 0 Å². The molecule has 3 heteroatoms. The third-order valence-electron chi connectivity index (χ3n) is 2.62. The molecule has 0 radical (unpaired) electrons. The van der Waals surface area contributed by atoms with Crippen molar-refractivity contribution in [1.29, 1.82) is 0 Å². The molecule has 0 N–H and O–H groups in total. The molecule has 17 heavy (non-hydrogen) atoms. The zero-order valence-electron chi connectivity index (χ0n) is 9.94. The second-order valence-electron chi connectivity index (χ2n) is 3.83. The smallest absolute Gasteiger partial charge is 0.338 e. The SMILES string of the molecule is CCOC(=O)c1ccccc1C1=CCCCO1. The minimum Gasteiger partial charge on any atom is -0.493 e. The van der Waals surface area contributed by atoms with Gasteiger partial charge in [-0.25, -0.2) is 4.79 Å². The van der Waals surface area contributed by atoms with E-state index in [-0.39, 0.29) is 5.97 Å². The molecule has 0 amide bonds. The Morgan fingerprint density at radius 3 is 2.94 bits per heavy atom. The van der Waals surface area contributed by atoms with Crippen LogP contribution in [-0.2, 0) is 9.47 Å². The Balaban J connectivity index is 2.33. The zero-order chi connectivity index (χ0) is 12.1. The quantitative estimate of drug-likeness (QED) is 0.751. The topological polar surface area (TPSA) is 35.5 Å². The Bertz CT molecular complexity index is 435. The van der Waals surface area contributed by atoms with Gasteiger partial charge in [-0.2, -0.15) is 0 Å². The first-order chi connectivity index (χ1) is 8.33. The van der Waals surface area contributed by atoms with Crippen molar-refractivity contribution in [3.8, 4) is 0 Å². The number of allylic oxidation sites excluding steroid dienone is 1. The standard InChI is InChI=1S/C14H16O3/c1-2-16-14(15)12-8-4-3-7-11(12)13-9-5-6-10-17-13/h3-4,7-9H,2,5-6,10H2,1H3. The molecule has 0 fully saturated rings. The van der Waals surface area contributed by atoms with E-state index >= 15 is 0 Å². The minimum absolute atomic E-state index is 0.293. The van der Waals surface area contributed by atoms with Gasteiger partial charge in [0.1, 0.15) is 5.76 Å². The fraction of sp³-hybridized carbons (Fsp3) is 0.357. The van der Waals surface area contributed by atoms with E-state index in [0.29, 0.717) is 18.8 Å². The summed E-state index contributed by atoms with van der Waals surface area (Å²) in [5, 5.41) is 0. The van der Waals surface area contributed by atoms with Gasteiger partial charge in [-0.05, 0) is 31.9 Å². The lowest BCUT2D eigenvalue weighted by molar-refractivity contribution is 0.0525. The summed E-state index contributed by atoms with van der Waals surface area (Å²) in [7, 11) is 0. The van der Waals surface area contributed by atoms with E-state index < -0.39 is 0 Å². The predicted molar refractivity (Wildman–Crippen MR) is 65.6 cm³/mol. The summed E-state index contributed by atoms with van der Waals surface area (Å²) in [4.78, 5) is 11.8. The van der Waals surface area contributed by atoms with Crippen molar-refractivity contribution < 1.29 is 14.3 Å². The van der Waals surface area contributed by atoms with Gasteiger partial charge in [0.25, 0.3) is 0 Å². The Kier molecular flexibility index (Phi) is 3.81. The molecule has 1 aliphatic heterocycles. The average Bonchev–Trinajstić information content (AvgIpc) is 2.40. The number of carbonyl (C=O) groups is 1. The maximum absolute atomic E-state index is 11.8.